The van der Waals surface area contributed by atoms with Gasteiger partial charge in [0, 0.05) is 48.9 Å². The minimum atomic E-state index is 0.652. The SMILES string of the molecule is c1ccc(-c2nc3cc4c(cc3o2)sc2ccc(-c3ccc(N(c5ccccc5)c5ccc(-c6ccc7ccccc7c6)cc5)cc3)cc24)cc1. The molecule has 0 aliphatic rings. The number of hydrogen-bond acceptors (Lipinski definition) is 4. The zero-order valence-corrected chi connectivity index (χ0v) is 28.3. The molecule has 0 fully saturated rings. The lowest BCUT2D eigenvalue weighted by Gasteiger charge is -2.26. The first-order chi connectivity index (χ1) is 25.2. The zero-order valence-electron chi connectivity index (χ0n) is 27.5. The quantitative estimate of drug-likeness (QED) is 0.176. The van der Waals surface area contributed by atoms with Gasteiger partial charge in [-0.2, -0.15) is 0 Å². The van der Waals surface area contributed by atoms with Gasteiger partial charge in [0.1, 0.15) is 5.52 Å². The van der Waals surface area contributed by atoms with Gasteiger partial charge >= 0.3 is 0 Å². The predicted octanol–water partition coefficient (Wildman–Crippen LogP) is 13.8. The average Bonchev–Trinajstić information content (AvgIpc) is 3.78. The molecular formula is C47H30N2OS. The summed E-state index contributed by atoms with van der Waals surface area (Å²) in [5.41, 5.74) is 10.8. The van der Waals surface area contributed by atoms with Gasteiger partial charge < -0.3 is 9.32 Å². The predicted molar refractivity (Wildman–Crippen MR) is 215 cm³/mol. The number of aromatic nitrogens is 1. The number of anilines is 3. The van der Waals surface area contributed by atoms with Gasteiger partial charge in [-0.25, -0.2) is 4.98 Å². The van der Waals surface area contributed by atoms with E-state index in [0.717, 1.165) is 33.7 Å². The lowest BCUT2D eigenvalue weighted by Crippen LogP contribution is -2.09. The minimum absolute atomic E-state index is 0.652. The molecule has 10 aromatic rings. The molecule has 3 nitrogen and oxygen atoms in total. The highest BCUT2D eigenvalue weighted by Crippen LogP contribution is 2.41. The molecule has 0 amide bonds. The fourth-order valence-corrected chi connectivity index (χ4v) is 8.18. The first-order valence-corrected chi connectivity index (χ1v) is 17.9. The van der Waals surface area contributed by atoms with E-state index in [1.54, 1.807) is 11.3 Å². The number of oxazole rings is 1. The molecule has 2 aromatic heterocycles. The third kappa shape index (κ3) is 5.34. The molecule has 0 saturated heterocycles. The molecule has 0 N–H and O–H groups in total. The van der Waals surface area contributed by atoms with Crippen LogP contribution in [0.5, 0.6) is 0 Å². The Bertz CT molecular complexity index is 2840. The van der Waals surface area contributed by atoms with Crippen molar-refractivity contribution < 1.29 is 4.42 Å². The number of benzene rings is 8. The Morgan fingerprint density at radius 2 is 0.980 bits per heavy atom. The number of thiophene rings is 1. The molecule has 0 spiro atoms. The van der Waals surface area contributed by atoms with E-state index in [4.69, 9.17) is 9.40 Å². The van der Waals surface area contributed by atoms with Crippen molar-refractivity contribution in [3.8, 4) is 33.7 Å². The molecule has 0 aliphatic heterocycles. The number of rotatable bonds is 6. The van der Waals surface area contributed by atoms with E-state index in [9.17, 15) is 0 Å². The highest BCUT2D eigenvalue weighted by Gasteiger charge is 2.15. The zero-order chi connectivity index (χ0) is 33.7. The van der Waals surface area contributed by atoms with E-state index < -0.39 is 0 Å². The van der Waals surface area contributed by atoms with Crippen molar-refractivity contribution in [2.24, 2.45) is 0 Å². The largest absolute Gasteiger partial charge is 0.436 e. The van der Waals surface area contributed by atoms with Gasteiger partial charge in [-0.05, 0) is 106 Å². The summed E-state index contributed by atoms with van der Waals surface area (Å²) in [6.45, 7) is 0. The second-order valence-corrected chi connectivity index (χ2v) is 13.9. The Labute approximate surface area is 299 Å². The van der Waals surface area contributed by atoms with Crippen LogP contribution in [0.4, 0.5) is 17.1 Å². The number of hydrogen-bond donors (Lipinski definition) is 0. The fourth-order valence-electron chi connectivity index (χ4n) is 7.08. The molecule has 240 valence electrons. The van der Waals surface area contributed by atoms with Gasteiger partial charge in [-0.1, -0.05) is 103 Å². The van der Waals surface area contributed by atoms with Crippen LogP contribution in [-0.4, -0.2) is 4.98 Å². The molecule has 2 heterocycles. The topological polar surface area (TPSA) is 29.3 Å². The minimum Gasteiger partial charge on any atom is -0.436 e. The van der Waals surface area contributed by atoms with Crippen molar-refractivity contribution >= 4 is 70.4 Å². The maximum Gasteiger partial charge on any atom is 0.227 e. The number of fused-ring (bicyclic) bond motifs is 5. The van der Waals surface area contributed by atoms with Crippen LogP contribution in [0.1, 0.15) is 0 Å². The van der Waals surface area contributed by atoms with E-state index in [1.165, 1.54) is 53.2 Å². The van der Waals surface area contributed by atoms with E-state index in [1.807, 2.05) is 30.3 Å². The number of nitrogens with zero attached hydrogens (tertiary/aromatic N) is 2. The Morgan fingerprint density at radius 3 is 1.71 bits per heavy atom. The summed E-state index contributed by atoms with van der Waals surface area (Å²) in [7, 11) is 0. The molecule has 4 heteroatoms. The lowest BCUT2D eigenvalue weighted by molar-refractivity contribution is 0.620. The summed E-state index contributed by atoms with van der Waals surface area (Å²) < 4.78 is 8.63. The summed E-state index contributed by atoms with van der Waals surface area (Å²) in [5.74, 6) is 0.652. The Hall–Kier alpha value is -6.49. The van der Waals surface area contributed by atoms with Crippen molar-refractivity contribution in [3.63, 3.8) is 0 Å². The molecule has 0 saturated carbocycles. The molecular weight excluding hydrogens is 641 g/mol. The molecule has 10 rings (SSSR count). The van der Waals surface area contributed by atoms with Gasteiger partial charge in [-0.15, -0.1) is 11.3 Å². The van der Waals surface area contributed by atoms with Crippen LogP contribution in [0.25, 0.3) is 75.8 Å². The monoisotopic (exact) mass is 670 g/mol. The van der Waals surface area contributed by atoms with Crippen molar-refractivity contribution in [1.29, 1.82) is 0 Å². The van der Waals surface area contributed by atoms with Crippen LogP contribution >= 0.6 is 11.3 Å². The standard InChI is InChI=1S/C47H30N2OS/c1-3-10-34(11-4-1)47-48-43-29-42-41-28-37(21-26-45(41)51-46(42)30-44(43)50-47)33-19-24-40(25-20-33)49(38-13-5-2-6-14-38)39-22-17-32(18-23-39)36-16-15-31-9-7-8-12-35(31)27-36/h1-30H. The average molecular weight is 671 g/mol. The third-order valence-corrected chi connectivity index (χ3v) is 10.8. The van der Waals surface area contributed by atoms with Crippen molar-refractivity contribution in [3.05, 3.63) is 182 Å². The molecule has 8 aromatic carbocycles. The van der Waals surface area contributed by atoms with E-state index in [-0.39, 0.29) is 0 Å². The summed E-state index contributed by atoms with van der Waals surface area (Å²) >= 11 is 1.79. The fraction of sp³-hybridized carbons (Fsp3) is 0. The molecule has 51 heavy (non-hydrogen) atoms. The lowest BCUT2D eigenvalue weighted by atomic mass is 10.0. The molecule has 0 bridgehead atoms. The second kappa shape index (κ2) is 12.1. The van der Waals surface area contributed by atoms with Crippen LogP contribution in [0.2, 0.25) is 0 Å². The van der Waals surface area contributed by atoms with Crippen LogP contribution in [0, 0.1) is 0 Å². The molecule has 0 radical (unpaired) electrons. The first-order valence-electron chi connectivity index (χ1n) is 17.1. The van der Waals surface area contributed by atoms with Gasteiger partial charge in [0.25, 0.3) is 0 Å². The molecule has 0 aliphatic carbocycles. The normalized spacial score (nSPS) is 11.5. The summed E-state index contributed by atoms with van der Waals surface area (Å²) in [6, 6.07) is 64.7. The second-order valence-electron chi connectivity index (χ2n) is 12.8. The van der Waals surface area contributed by atoms with Gasteiger partial charge in [0.15, 0.2) is 5.58 Å². The van der Waals surface area contributed by atoms with E-state index in [0.29, 0.717) is 5.89 Å². The highest BCUT2D eigenvalue weighted by atomic mass is 32.1. The highest BCUT2D eigenvalue weighted by molar-refractivity contribution is 7.25. The first kappa shape index (κ1) is 29.4. The smallest absolute Gasteiger partial charge is 0.227 e. The van der Waals surface area contributed by atoms with Crippen molar-refractivity contribution in [1.82, 2.24) is 4.98 Å². The van der Waals surface area contributed by atoms with Crippen molar-refractivity contribution in [2.75, 3.05) is 4.90 Å². The summed E-state index contributed by atoms with van der Waals surface area (Å²) in [4.78, 5) is 7.16. The van der Waals surface area contributed by atoms with Gasteiger partial charge in [0.05, 0.1) is 0 Å². The maximum atomic E-state index is 6.18. The van der Waals surface area contributed by atoms with E-state index >= 15 is 0 Å². The van der Waals surface area contributed by atoms with Crippen molar-refractivity contribution in [2.45, 2.75) is 0 Å². The van der Waals surface area contributed by atoms with Crippen LogP contribution in [0.15, 0.2) is 186 Å². The van der Waals surface area contributed by atoms with E-state index in [2.05, 4.69) is 157 Å². The number of para-hydroxylation sites is 1. The maximum absolute atomic E-state index is 6.18. The van der Waals surface area contributed by atoms with Gasteiger partial charge in [0.2, 0.25) is 5.89 Å². The Morgan fingerprint density at radius 1 is 0.412 bits per heavy atom. The van der Waals surface area contributed by atoms with Crippen LogP contribution < -0.4 is 4.90 Å². The van der Waals surface area contributed by atoms with Gasteiger partial charge in [-0.3, -0.25) is 0 Å². The summed E-state index contributed by atoms with van der Waals surface area (Å²) in [5, 5.41) is 4.95. The summed E-state index contributed by atoms with van der Waals surface area (Å²) in [6.07, 6.45) is 0. The molecule has 0 atom stereocenters. The Balaban J connectivity index is 0.985. The van der Waals surface area contributed by atoms with Crippen LogP contribution in [-0.2, 0) is 0 Å². The third-order valence-electron chi connectivity index (χ3n) is 9.68. The molecule has 0 unspecified atom stereocenters. The van der Waals surface area contributed by atoms with Crippen LogP contribution in [0.3, 0.4) is 0 Å². The Kier molecular flexibility index (Phi) is 7.00.